The molecule has 0 bridgehead atoms. The number of carboxylic acids is 1. The van der Waals surface area contributed by atoms with Crippen LogP contribution >= 0.6 is 11.8 Å². The zero-order chi connectivity index (χ0) is 20.1. The minimum Gasteiger partial charge on any atom is -0.477 e. The second-order valence-corrected chi connectivity index (χ2v) is 7.29. The highest BCUT2D eigenvalue weighted by atomic mass is 32.2. The van der Waals surface area contributed by atoms with Crippen LogP contribution in [-0.4, -0.2) is 69.9 Å². The number of nitrogens with zero attached hydrogens (tertiary/aromatic N) is 1. The number of hydrogen-bond acceptors (Lipinski definition) is 8. The van der Waals surface area contributed by atoms with E-state index in [1.165, 1.54) is 18.7 Å². The van der Waals surface area contributed by atoms with Gasteiger partial charge in [0.15, 0.2) is 0 Å². The molecule has 4 N–H and O–H groups in total. The standard InChI is InChI=1S/C16H21N3O7S/c1-8(21)26-6-9-7-27-15-12(14(23)19(15)13(9)16(24)25)18-11(22)4-2-3-10(17)5-20/h5,10,12,15H,2-4,6-7,17H2,1H3,(H,18,22)(H,24,25)/t10?,12-,15-/m1/s1. The third kappa shape index (κ3) is 4.86. The zero-order valence-corrected chi connectivity index (χ0v) is 15.5. The van der Waals surface area contributed by atoms with E-state index in [4.69, 9.17) is 10.5 Å². The summed E-state index contributed by atoms with van der Waals surface area (Å²) in [6, 6.07) is -1.43. The number of rotatable bonds is 9. The number of fused-ring (bicyclic) bond motifs is 1. The molecule has 11 heteroatoms. The Morgan fingerprint density at radius 3 is 2.78 bits per heavy atom. The number of hydrogen-bond donors (Lipinski definition) is 3. The molecule has 2 aliphatic rings. The van der Waals surface area contributed by atoms with Crippen LogP contribution in [0.4, 0.5) is 0 Å². The molecule has 1 saturated heterocycles. The summed E-state index contributed by atoms with van der Waals surface area (Å²) in [5.74, 6) is -2.46. The molecule has 0 aromatic rings. The number of ether oxygens (including phenoxy) is 1. The fraction of sp³-hybridized carbons (Fsp3) is 0.562. The number of nitrogens with one attached hydrogen (secondary N) is 1. The molecular weight excluding hydrogens is 378 g/mol. The maximum absolute atomic E-state index is 12.4. The number of carbonyl (C=O) groups is 5. The van der Waals surface area contributed by atoms with E-state index in [1.807, 2.05) is 0 Å². The molecule has 0 aromatic carbocycles. The maximum atomic E-state index is 12.4. The Kier molecular flexibility index (Phi) is 6.97. The van der Waals surface area contributed by atoms with Crippen molar-refractivity contribution in [2.45, 2.75) is 43.6 Å². The summed E-state index contributed by atoms with van der Waals surface area (Å²) in [6.45, 7) is 1.01. The fourth-order valence-electron chi connectivity index (χ4n) is 2.80. The lowest BCUT2D eigenvalue weighted by Crippen LogP contribution is -2.70. The van der Waals surface area contributed by atoms with E-state index in [0.717, 1.165) is 4.90 Å². The van der Waals surface area contributed by atoms with Gasteiger partial charge in [-0.2, -0.15) is 0 Å². The first-order chi connectivity index (χ1) is 12.8. The summed E-state index contributed by atoms with van der Waals surface area (Å²) >= 11 is 1.29. The van der Waals surface area contributed by atoms with Gasteiger partial charge in [-0.05, 0) is 12.8 Å². The second-order valence-electron chi connectivity index (χ2n) is 6.18. The topological polar surface area (TPSA) is 156 Å². The Balaban J connectivity index is 1.98. The lowest BCUT2D eigenvalue weighted by Gasteiger charge is -2.49. The van der Waals surface area contributed by atoms with E-state index >= 15 is 0 Å². The monoisotopic (exact) mass is 399 g/mol. The number of esters is 1. The lowest BCUT2D eigenvalue weighted by molar-refractivity contribution is -0.151. The Morgan fingerprint density at radius 1 is 1.48 bits per heavy atom. The highest BCUT2D eigenvalue weighted by Crippen LogP contribution is 2.40. The Hall–Kier alpha value is -2.40. The highest BCUT2D eigenvalue weighted by molar-refractivity contribution is 8.00. The first-order valence-electron chi connectivity index (χ1n) is 8.29. The molecule has 1 fully saturated rings. The van der Waals surface area contributed by atoms with E-state index in [1.54, 1.807) is 0 Å². The van der Waals surface area contributed by atoms with Crippen molar-refractivity contribution in [3.63, 3.8) is 0 Å². The number of carbonyl (C=O) groups excluding carboxylic acids is 4. The highest BCUT2D eigenvalue weighted by Gasteiger charge is 2.54. The third-order valence-electron chi connectivity index (χ3n) is 4.13. The third-order valence-corrected chi connectivity index (χ3v) is 5.47. The molecule has 148 valence electrons. The van der Waals surface area contributed by atoms with Crippen LogP contribution in [0, 0.1) is 0 Å². The van der Waals surface area contributed by atoms with Gasteiger partial charge < -0.3 is 25.7 Å². The molecule has 3 atom stereocenters. The van der Waals surface area contributed by atoms with Crippen molar-refractivity contribution in [3.05, 3.63) is 11.3 Å². The van der Waals surface area contributed by atoms with Gasteiger partial charge in [-0.25, -0.2) is 4.79 Å². The smallest absolute Gasteiger partial charge is 0.352 e. The van der Waals surface area contributed by atoms with Gasteiger partial charge in [0.05, 0.1) is 6.04 Å². The molecule has 0 spiro atoms. The number of aldehydes is 1. The first-order valence-corrected chi connectivity index (χ1v) is 9.34. The molecule has 1 unspecified atom stereocenters. The van der Waals surface area contributed by atoms with Crippen molar-refractivity contribution in [2.75, 3.05) is 12.4 Å². The summed E-state index contributed by atoms with van der Waals surface area (Å²) in [7, 11) is 0. The van der Waals surface area contributed by atoms with E-state index < -0.39 is 35.3 Å². The molecule has 2 aliphatic heterocycles. The van der Waals surface area contributed by atoms with Crippen molar-refractivity contribution in [3.8, 4) is 0 Å². The Morgan fingerprint density at radius 2 is 2.19 bits per heavy atom. The summed E-state index contributed by atoms with van der Waals surface area (Å²) in [6.07, 6.45) is 1.49. The van der Waals surface area contributed by atoms with Gasteiger partial charge in [0.25, 0.3) is 5.91 Å². The van der Waals surface area contributed by atoms with Crippen molar-refractivity contribution in [2.24, 2.45) is 5.73 Å². The van der Waals surface area contributed by atoms with Crippen LogP contribution in [0.1, 0.15) is 26.2 Å². The van der Waals surface area contributed by atoms with Crippen LogP contribution < -0.4 is 11.1 Å². The Bertz CT molecular complexity index is 694. The summed E-state index contributed by atoms with van der Waals surface area (Å²) in [4.78, 5) is 58.5. The van der Waals surface area contributed by atoms with Crippen LogP contribution in [0.15, 0.2) is 11.3 Å². The van der Waals surface area contributed by atoms with Crippen LogP contribution in [0.5, 0.6) is 0 Å². The molecule has 0 aromatic heterocycles. The number of aliphatic carboxylic acids is 1. The van der Waals surface area contributed by atoms with Gasteiger partial charge in [0.1, 0.15) is 30.0 Å². The second kappa shape index (κ2) is 9.00. The molecule has 10 nitrogen and oxygen atoms in total. The number of amides is 2. The number of thioether (sulfide) groups is 1. The van der Waals surface area contributed by atoms with Gasteiger partial charge in [-0.3, -0.25) is 19.3 Å². The van der Waals surface area contributed by atoms with E-state index in [0.29, 0.717) is 24.7 Å². The van der Waals surface area contributed by atoms with Gasteiger partial charge >= 0.3 is 11.9 Å². The van der Waals surface area contributed by atoms with Gasteiger partial charge in [-0.1, -0.05) is 0 Å². The average Bonchev–Trinajstić information content (AvgIpc) is 2.62. The van der Waals surface area contributed by atoms with Gasteiger partial charge in [0.2, 0.25) is 5.91 Å². The predicted molar refractivity (Wildman–Crippen MR) is 94.2 cm³/mol. The Labute approximate surface area is 159 Å². The van der Waals surface area contributed by atoms with E-state index in [9.17, 15) is 29.1 Å². The number of nitrogens with two attached hydrogens (primary N) is 1. The molecule has 2 amide bonds. The van der Waals surface area contributed by atoms with Crippen LogP contribution in [-0.2, 0) is 28.7 Å². The van der Waals surface area contributed by atoms with Gasteiger partial charge in [0, 0.05) is 24.7 Å². The average molecular weight is 399 g/mol. The number of β-lactam (4-membered cyclic amide) rings is 1. The van der Waals surface area contributed by atoms with Crippen molar-refractivity contribution < 1.29 is 33.8 Å². The molecule has 0 radical (unpaired) electrons. The molecule has 0 saturated carbocycles. The fourth-order valence-corrected chi connectivity index (χ4v) is 4.12. The summed E-state index contributed by atoms with van der Waals surface area (Å²) < 4.78 is 4.85. The molecule has 27 heavy (non-hydrogen) atoms. The zero-order valence-electron chi connectivity index (χ0n) is 14.7. The van der Waals surface area contributed by atoms with Crippen molar-refractivity contribution in [1.29, 1.82) is 0 Å². The predicted octanol–water partition coefficient (Wildman–Crippen LogP) is -1.02. The van der Waals surface area contributed by atoms with Gasteiger partial charge in [-0.15, -0.1) is 11.8 Å². The van der Waals surface area contributed by atoms with Crippen molar-refractivity contribution in [1.82, 2.24) is 10.2 Å². The van der Waals surface area contributed by atoms with Crippen LogP contribution in [0.2, 0.25) is 0 Å². The lowest BCUT2D eigenvalue weighted by atomic mass is 10.0. The summed E-state index contributed by atoms with van der Waals surface area (Å²) in [5.41, 5.74) is 5.58. The van der Waals surface area contributed by atoms with Crippen molar-refractivity contribution >= 4 is 41.8 Å². The largest absolute Gasteiger partial charge is 0.477 e. The van der Waals surface area contributed by atoms with Crippen LogP contribution in [0.25, 0.3) is 0 Å². The summed E-state index contributed by atoms with van der Waals surface area (Å²) in [5, 5.41) is 11.5. The van der Waals surface area contributed by atoms with E-state index in [2.05, 4.69) is 5.32 Å². The molecule has 0 aliphatic carbocycles. The quantitative estimate of drug-likeness (QED) is 0.251. The minimum atomic E-state index is -1.29. The molecule has 2 rings (SSSR count). The first kappa shape index (κ1) is 20.9. The van der Waals surface area contributed by atoms with E-state index in [-0.39, 0.29) is 30.4 Å². The maximum Gasteiger partial charge on any atom is 0.352 e. The number of carboxylic acid groups (broad SMARTS) is 1. The SMILES string of the molecule is CC(=O)OCC1=C(C(=O)O)N2C(=O)[C@@H](NC(=O)CCCC(N)C=O)[C@H]2SC1. The molecule has 2 heterocycles. The van der Waals surface area contributed by atoms with Crippen LogP contribution in [0.3, 0.4) is 0 Å². The molecular formula is C16H21N3O7S. The normalized spacial score (nSPS) is 22.4. The minimum absolute atomic E-state index is 0.113.